The van der Waals surface area contributed by atoms with E-state index in [9.17, 15) is 19.7 Å². The molecule has 1 heterocycles. The predicted octanol–water partition coefficient (Wildman–Crippen LogP) is 4.49. The van der Waals surface area contributed by atoms with E-state index < -0.39 is 11.0 Å². The summed E-state index contributed by atoms with van der Waals surface area (Å²) in [6.45, 7) is 4.17. The van der Waals surface area contributed by atoms with Crippen LogP contribution >= 0.6 is 0 Å². The van der Waals surface area contributed by atoms with Gasteiger partial charge in [0.1, 0.15) is 0 Å². The van der Waals surface area contributed by atoms with Gasteiger partial charge >= 0.3 is 0 Å². The first-order valence-electron chi connectivity index (χ1n) is 11.6. The maximum Gasteiger partial charge on any atom is 0.269 e. The highest BCUT2D eigenvalue weighted by Crippen LogP contribution is 2.48. The van der Waals surface area contributed by atoms with E-state index >= 15 is 0 Å². The number of non-ortho nitro benzene ring substituents is 1. The zero-order valence-electron chi connectivity index (χ0n) is 19.3. The lowest BCUT2D eigenvalue weighted by Crippen LogP contribution is -2.42. The molecule has 8 nitrogen and oxygen atoms in total. The van der Waals surface area contributed by atoms with E-state index in [0.717, 1.165) is 29.9 Å². The van der Waals surface area contributed by atoms with Gasteiger partial charge in [-0.15, -0.1) is 0 Å². The van der Waals surface area contributed by atoms with Crippen LogP contribution in [-0.4, -0.2) is 29.2 Å². The van der Waals surface area contributed by atoms with Crippen molar-refractivity contribution < 1.29 is 14.5 Å². The quantitative estimate of drug-likeness (QED) is 0.503. The fourth-order valence-corrected chi connectivity index (χ4v) is 5.04. The summed E-state index contributed by atoms with van der Waals surface area (Å²) in [5, 5.41) is 18.1. The summed E-state index contributed by atoms with van der Waals surface area (Å²) >= 11 is 0. The number of carbonyl (C=O) groups is 2. The van der Waals surface area contributed by atoms with Crippen molar-refractivity contribution in [1.29, 1.82) is 0 Å². The van der Waals surface area contributed by atoms with Crippen LogP contribution in [0.2, 0.25) is 0 Å². The van der Waals surface area contributed by atoms with Gasteiger partial charge < -0.3 is 15.5 Å². The third-order valence-electron chi connectivity index (χ3n) is 6.66. The molecule has 5 rings (SSSR count). The number of hydrogen-bond donors (Lipinski definition) is 2. The molecule has 2 aromatic carbocycles. The number of allylic oxidation sites excluding steroid dienone is 1. The normalized spacial score (nSPS) is 21.2. The Labute approximate surface area is 198 Å². The highest BCUT2D eigenvalue weighted by Gasteiger charge is 2.42. The molecule has 1 atom stereocenters. The number of para-hydroxylation sites is 2. The molecule has 0 spiro atoms. The molecule has 0 aromatic heterocycles. The Kier molecular flexibility index (Phi) is 5.38. The summed E-state index contributed by atoms with van der Waals surface area (Å²) in [6, 6.07) is 13.6. The van der Waals surface area contributed by atoms with Crippen LogP contribution in [0.5, 0.6) is 0 Å². The number of Topliss-reactive ketones (excluding diaryl/α,β-unsaturated/α-hetero) is 1. The van der Waals surface area contributed by atoms with Crippen molar-refractivity contribution in [3.05, 3.63) is 75.5 Å². The van der Waals surface area contributed by atoms with Gasteiger partial charge in [0.15, 0.2) is 5.78 Å². The average Bonchev–Trinajstić information content (AvgIpc) is 3.59. The Morgan fingerprint density at radius 2 is 1.94 bits per heavy atom. The number of nitro groups is 1. The van der Waals surface area contributed by atoms with Crippen molar-refractivity contribution in [2.45, 2.75) is 51.6 Å². The summed E-state index contributed by atoms with van der Waals surface area (Å²) in [7, 11) is 0. The van der Waals surface area contributed by atoms with Gasteiger partial charge in [0.2, 0.25) is 5.91 Å². The number of nitrogens with one attached hydrogen (secondary N) is 2. The molecule has 0 bridgehead atoms. The molecule has 1 aliphatic heterocycles. The number of carbonyl (C=O) groups excluding carboxylic acids is 2. The lowest BCUT2D eigenvalue weighted by atomic mass is 9.73. The highest BCUT2D eigenvalue weighted by atomic mass is 16.6. The van der Waals surface area contributed by atoms with Crippen molar-refractivity contribution in [2.24, 2.45) is 5.41 Å². The van der Waals surface area contributed by atoms with Crippen molar-refractivity contribution in [2.75, 3.05) is 16.8 Å². The number of nitro benzene ring substituents is 1. The molecule has 176 valence electrons. The maximum absolute atomic E-state index is 13.6. The lowest BCUT2D eigenvalue weighted by Gasteiger charge is -2.37. The second-order valence-corrected chi connectivity index (χ2v) is 10.2. The molecule has 2 N–H and O–H groups in total. The number of fused-ring (bicyclic) bond motifs is 1. The monoisotopic (exact) mass is 460 g/mol. The fraction of sp³-hybridized carbons (Fsp3) is 0.385. The third kappa shape index (κ3) is 4.27. The van der Waals surface area contributed by atoms with Crippen LogP contribution in [0.15, 0.2) is 59.8 Å². The highest BCUT2D eigenvalue weighted by molar-refractivity contribution is 6.02. The molecule has 2 aliphatic carbocycles. The maximum atomic E-state index is 13.6. The van der Waals surface area contributed by atoms with E-state index in [-0.39, 0.29) is 35.4 Å². The average molecular weight is 461 g/mol. The van der Waals surface area contributed by atoms with Crippen LogP contribution in [-0.2, 0) is 9.59 Å². The minimum atomic E-state index is -0.625. The Hall–Kier alpha value is -3.68. The van der Waals surface area contributed by atoms with Gasteiger partial charge in [0, 0.05) is 35.9 Å². The fourth-order valence-electron chi connectivity index (χ4n) is 5.04. The van der Waals surface area contributed by atoms with Crippen molar-refractivity contribution in [3.8, 4) is 0 Å². The summed E-state index contributed by atoms with van der Waals surface area (Å²) in [5.74, 6) is -0.129. The van der Waals surface area contributed by atoms with E-state index in [0.29, 0.717) is 24.0 Å². The molecule has 34 heavy (non-hydrogen) atoms. The number of benzene rings is 2. The molecule has 0 radical (unpaired) electrons. The molecule has 1 unspecified atom stereocenters. The molecule has 1 amide bonds. The van der Waals surface area contributed by atoms with E-state index in [2.05, 4.69) is 24.5 Å². The predicted molar refractivity (Wildman–Crippen MR) is 129 cm³/mol. The second-order valence-electron chi connectivity index (χ2n) is 10.2. The van der Waals surface area contributed by atoms with Crippen molar-refractivity contribution in [3.63, 3.8) is 0 Å². The third-order valence-corrected chi connectivity index (χ3v) is 6.66. The number of hydrogen-bond acceptors (Lipinski definition) is 6. The van der Waals surface area contributed by atoms with Gasteiger partial charge in [-0.3, -0.25) is 19.7 Å². The van der Waals surface area contributed by atoms with E-state index in [1.54, 1.807) is 12.1 Å². The van der Waals surface area contributed by atoms with Crippen LogP contribution in [0.3, 0.4) is 0 Å². The number of rotatable bonds is 5. The largest absolute Gasteiger partial charge is 0.357 e. The number of anilines is 2. The van der Waals surface area contributed by atoms with Gasteiger partial charge in [-0.25, -0.2) is 0 Å². The van der Waals surface area contributed by atoms with Gasteiger partial charge in [0.25, 0.3) is 5.69 Å². The second kappa shape index (κ2) is 8.27. The minimum Gasteiger partial charge on any atom is -0.357 e. The van der Waals surface area contributed by atoms with Gasteiger partial charge in [0.05, 0.1) is 28.9 Å². The van der Waals surface area contributed by atoms with Crippen LogP contribution < -0.4 is 15.5 Å². The van der Waals surface area contributed by atoms with Crippen LogP contribution in [0.25, 0.3) is 0 Å². The van der Waals surface area contributed by atoms with Crippen LogP contribution in [0, 0.1) is 15.5 Å². The van der Waals surface area contributed by atoms with Crippen molar-refractivity contribution in [1.82, 2.24) is 5.32 Å². The molecular formula is C26H28N4O4. The first-order valence-corrected chi connectivity index (χ1v) is 11.6. The summed E-state index contributed by atoms with van der Waals surface area (Å²) in [6.07, 6.45) is 2.98. The number of ketones is 1. The Morgan fingerprint density at radius 1 is 1.18 bits per heavy atom. The molecule has 0 saturated heterocycles. The number of amides is 1. The Bertz CT molecular complexity index is 1210. The van der Waals surface area contributed by atoms with Gasteiger partial charge in [-0.05, 0) is 42.4 Å². The SMILES string of the molecule is CC1(C)CC(=O)C2=C(C1)Nc1ccccc1N(CC(=O)NC1CC1)C2c1cccc([N+](=O)[O-])c1. The van der Waals surface area contributed by atoms with Gasteiger partial charge in [-0.2, -0.15) is 0 Å². The topological polar surface area (TPSA) is 105 Å². The summed E-state index contributed by atoms with van der Waals surface area (Å²) in [4.78, 5) is 39.6. The molecule has 3 aliphatic rings. The molecule has 8 heteroatoms. The van der Waals surface area contributed by atoms with E-state index in [1.807, 2.05) is 29.2 Å². The van der Waals surface area contributed by atoms with Gasteiger partial charge in [-0.1, -0.05) is 38.1 Å². The van der Waals surface area contributed by atoms with E-state index in [1.165, 1.54) is 12.1 Å². The Morgan fingerprint density at radius 3 is 2.68 bits per heavy atom. The van der Waals surface area contributed by atoms with Crippen LogP contribution in [0.1, 0.15) is 51.1 Å². The van der Waals surface area contributed by atoms with E-state index in [4.69, 9.17) is 0 Å². The Balaban J connectivity index is 1.70. The first-order chi connectivity index (χ1) is 16.2. The first kappa shape index (κ1) is 22.1. The summed E-state index contributed by atoms with van der Waals surface area (Å²) in [5.41, 5.74) is 3.34. The molecule has 1 fully saturated rings. The molecule has 1 saturated carbocycles. The lowest BCUT2D eigenvalue weighted by molar-refractivity contribution is -0.384. The zero-order chi connectivity index (χ0) is 24.0. The minimum absolute atomic E-state index is 0.00402. The standard InChI is InChI=1S/C26H28N4O4/c1-26(2)13-20-24(22(31)14-26)25(16-6-5-7-18(12-16)30(33)34)29(15-23(32)27-17-10-11-17)21-9-4-3-8-19(21)28-20/h3-9,12,17,25,28H,10-11,13-15H2,1-2H3,(H,27,32). The van der Waals surface area contributed by atoms with Crippen molar-refractivity contribution >= 4 is 28.8 Å². The summed E-state index contributed by atoms with van der Waals surface area (Å²) < 4.78 is 0. The number of nitrogens with zero attached hydrogens (tertiary/aromatic N) is 2. The zero-order valence-corrected chi connectivity index (χ0v) is 19.3. The van der Waals surface area contributed by atoms with Crippen LogP contribution in [0.4, 0.5) is 17.1 Å². The molecule has 2 aromatic rings. The smallest absolute Gasteiger partial charge is 0.269 e. The molecular weight excluding hydrogens is 432 g/mol.